The van der Waals surface area contributed by atoms with E-state index < -0.39 is 17.6 Å². The fourth-order valence-corrected chi connectivity index (χ4v) is 5.44. The van der Waals surface area contributed by atoms with Crippen molar-refractivity contribution in [1.82, 2.24) is 15.3 Å². The third-order valence-electron chi connectivity index (χ3n) is 8.29. The number of ether oxygens (including phenoxy) is 3. The highest BCUT2D eigenvalue weighted by molar-refractivity contribution is 5.97. The third kappa shape index (κ3) is 11.2. The molecule has 0 radical (unpaired) electrons. The molecule has 8 nitrogen and oxygen atoms in total. The molecule has 0 aliphatic carbocycles. The normalized spacial score (nSPS) is 12.2. The van der Waals surface area contributed by atoms with E-state index in [0.29, 0.717) is 23.9 Å². The first kappa shape index (κ1) is 38.1. The Morgan fingerprint density at radius 2 is 1.44 bits per heavy atom. The Balaban J connectivity index is 1.45. The van der Waals surface area contributed by atoms with E-state index in [1.165, 1.54) is 25.7 Å². The summed E-state index contributed by atoms with van der Waals surface area (Å²) in [6.07, 6.45) is 8.02. The minimum absolute atomic E-state index is 0.0346. The third-order valence-corrected chi connectivity index (χ3v) is 8.29. The van der Waals surface area contributed by atoms with Crippen molar-refractivity contribution in [2.75, 3.05) is 13.7 Å². The lowest BCUT2D eigenvalue weighted by molar-refractivity contribution is -0.157. The molecular formula is C42H53N3O5. The zero-order chi connectivity index (χ0) is 36.3. The van der Waals surface area contributed by atoms with Crippen LogP contribution in [0.3, 0.4) is 0 Å². The predicted octanol–water partition coefficient (Wildman–Crippen LogP) is 9.15. The van der Waals surface area contributed by atoms with Gasteiger partial charge in [0.2, 0.25) is 5.88 Å². The summed E-state index contributed by atoms with van der Waals surface area (Å²) in [4.78, 5) is 35.9. The van der Waals surface area contributed by atoms with Crippen LogP contribution in [0.1, 0.15) is 102 Å². The maximum absolute atomic E-state index is 13.3. The van der Waals surface area contributed by atoms with E-state index in [0.717, 1.165) is 40.0 Å². The highest BCUT2D eigenvalue weighted by Crippen LogP contribution is 2.31. The number of nitrogens with zero attached hydrogens (tertiary/aromatic N) is 2. The second-order valence-electron chi connectivity index (χ2n) is 14.7. The van der Waals surface area contributed by atoms with E-state index in [1.54, 1.807) is 25.4 Å². The zero-order valence-corrected chi connectivity index (χ0v) is 31.0. The first-order chi connectivity index (χ1) is 23.8. The monoisotopic (exact) mass is 679 g/mol. The second kappa shape index (κ2) is 17.3. The van der Waals surface area contributed by atoms with Crippen LogP contribution in [-0.4, -0.2) is 47.2 Å². The summed E-state index contributed by atoms with van der Waals surface area (Å²) in [6.45, 7) is 14.7. The lowest BCUT2D eigenvalue weighted by Crippen LogP contribution is -2.45. The molecule has 1 unspecified atom stereocenters. The number of benzene rings is 3. The summed E-state index contributed by atoms with van der Waals surface area (Å²) >= 11 is 0. The number of unbranched alkanes of at least 4 members (excludes halogenated alkanes) is 4. The molecule has 4 aromatic rings. The van der Waals surface area contributed by atoms with Gasteiger partial charge in [0.1, 0.15) is 17.4 Å². The molecule has 0 aliphatic rings. The van der Waals surface area contributed by atoms with Crippen LogP contribution in [0.5, 0.6) is 11.6 Å². The van der Waals surface area contributed by atoms with E-state index >= 15 is 0 Å². The summed E-state index contributed by atoms with van der Waals surface area (Å²) in [5.74, 6) is 0.984. The van der Waals surface area contributed by atoms with E-state index in [9.17, 15) is 9.59 Å². The fraction of sp³-hybridized carbons (Fsp3) is 0.429. The molecule has 1 N–H and O–H groups in total. The van der Waals surface area contributed by atoms with Crippen LogP contribution >= 0.6 is 0 Å². The van der Waals surface area contributed by atoms with Gasteiger partial charge in [0, 0.05) is 23.7 Å². The van der Waals surface area contributed by atoms with E-state index in [2.05, 4.69) is 38.0 Å². The standard InChI is InChI=1S/C42H53N3O5/c1-9-10-11-12-13-26-49-34-24-20-30(21-25-34)35-28-43-37(45-39(35)48-8)31-16-14-29(15-17-31)27-36(40(47)50-42(5,6)7)44-38(46)32-18-22-33(23-19-32)41(2,3)4/h14-25,28,36H,9-13,26-27H2,1-8H3,(H,44,46). The van der Waals surface area contributed by atoms with Gasteiger partial charge in [-0.1, -0.05) is 102 Å². The minimum Gasteiger partial charge on any atom is -0.494 e. The van der Waals surface area contributed by atoms with Gasteiger partial charge in [-0.2, -0.15) is 4.98 Å². The quantitative estimate of drug-likeness (QED) is 0.0988. The molecule has 8 heteroatoms. The second-order valence-corrected chi connectivity index (χ2v) is 14.7. The summed E-state index contributed by atoms with van der Waals surface area (Å²) < 4.78 is 17.3. The summed E-state index contributed by atoms with van der Waals surface area (Å²) in [6, 6.07) is 22.1. The van der Waals surface area contributed by atoms with E-state index in [4.69, 9.17) is 19.2 Å². The van der Waals surface area contributed by atoms with Crippen LogP contribution in [-0.2, 0) is 21.4 Å². The van der Waals surface area contributed by atoms with Crippen LogP contribution in [0.4, 0.5) is 0 Å². The molecule has 4 rings (SSSR count). The van der Waals surface area contributed by atoms with E-state index in [1.807, 2.05) is 81.4 Å². The van der Waals surface area contributed by atoms with Crippen LogP contribution in [0.2, 0.25) is 0 Å². The molecule has 0 bridgehead atoms. The Bertz CT molecular complexity index is 1690. The van der Waals surface area contributed by atoms with Crippen LogP contribution < -0.4 is 14.8 Å². The highest BCUT2D eigenvalue weighted by atomic mass is 16.6. The molecule has 266 valence electrons. The minimum atomic E-state index is -0.881. The number of amides is 1. The maximum Gasteiger partial charge on any atom is 0.329 e. The van der Waals surface area contributed by atoms with Crippen molar-refractivity contribution in [3.8, 4) is 34.1 Å². The number of rotatable bonds is 15. The van der Waals surface area contributed by atoms with Gasteiger partial charge in [-0.15, -0.1) is 0 Å². The average Bonchev–Trinajstić information content (AvgIpc) is 3.08. The Morgan fingerprint density at radius 3 is 2.04 bits per heavy atom. The number of carbonyl (C=O) groups is 2. The van der Waals surface area contributed by atoms with Gasteiger partial charge in [-0.3, -0.25) is 4.79 Å². The number of carbonyl (C=O) groups excluding carboxylic acids is 2. The molecule has 0 fully saturated rings. The number of nitrogens with one attached hydrogen (secondary N) is 1. The molecule has 1 aromatic heterocycles. The Labute approximate surface area is 298 Å². The van der Waals surface area contributed by atoms with Gasteiger partial charge in [0.25, 0.3) is 5.91 Å². The predicted molar refractivity (Wildman–Crippen MR) is 200 cm³/mol. The summed E-state index contributed by atoms with van der Waals surface area (Å²) in [5, 5.41) is 2.91. The molecule has 0 saturated carbocycles. The molecule has 0 spiro atoms. The van der Waals surface area contributed by atoms with Crippen LogP contribution in [0, 0.1) is 0 Å². The Hall–Kier alpha value is -4.72. The first-order valence-electron chi connectivity index (χ1n) is 17.6. The molecule has 0 saturated heterocycles. The van der Waals surface area contributed by atoms with Crippen molar-refractivity contribution >= 4 is 11.9 Å². The molecule has 1 amide bonds. The lowest BCUT2D eigenvalue weighted by Gasteiger charge is -2.25. The molecule has 1 heterocycles. The van der Waals surface area contributed by atoms with Crippen LogP contribution in [0.25, 0.3) is 22.5 Å². The van der Waals surface area contributed by atoms with Gasteiger partial charge in [-0.05, 0) is 73.6 Å². The Kier molecular flexibility index (Phi) is 13.2. The molecule has 50 heavy (non-hydrogen) atoms. The van der Waals surface area contributed by atoms with Gasteiger partial charge in [-0.25, -0.2) is 9.78 Å². The fourth-order valence-electron chi connectivity index (χ4n) is 5.44. The first-order valence-corrected chi connectivity index (χ1v) is 17.6. The topological polar surface area (TPSA) is 99.6 Å². The zero-order valence-electron chi connectivity index (χ0n) is 31.0. The van der Waals surface area contributed by atoms with Crippen molar-refractivity contribution in [1.29, 1.82) is 0 Å². The van der Waals surface area contributed by atoms with Crippen molar-refractivity contribution in [3.05, 3.63) is 95.7 Å². The van der Waals surface area contributed by atoms with Gasteiger partial charge in [0.15, 0.2) is 5.82 Å². The molecule has 0 aliphatic heterocycles. The number of hydrogen-bond acceptors (Lipinski definition) is 7. The summed E-state index contributed by atoms with van der Waals surface area (Å²) in [7, 11) is 1.60. The molecular weight excluding hydrogens is 626 g/mol. The van der Waals surface area contributed by atoms with E-state index in [-0.39, 0.29) is 17.7 Å². The van der Waals surface area contributed by atoms with Gasteiger partial charge in [0.05, 0.1) is 19.3 Å². The summed E-state index contributed by atoms with van der Waals surface area (Å²) in [5.41, 5.74) is 4.21. The highest BCUT2D eigenvalue weighted by Gasteiger charge is 2.28. The smallest absolute Gasteiger partial charge is 0.329 e. The van der Waals surface area contributed by atoms with Gasteiger partial charge < -0.3 is 19.5 Å². The van der Waals surface area contributed by atoms with Crippen molar-refractivity contribution in [2.45, 2.75) is 104 Å². The Morgan fingerprint density at radius 1 is 0.800 bits per heavy atom. The number of esters is 1. The number of aromatic nitrogens is 2. The SMILES string of the molecule is CCCCCCCOc1ccc(-c2cnc(-c3ccc(CC(NC(=O)c4ccc(C(C)(C)C)cc4)C(=O)OC(C)(C)C)cc3)nc2OC)cc1. The van der Waals surface area contributed by atoms with Crippen molar-refractivity contribution < 1.29 is 23.8 Å². The maximum atomic E-state index is 13.3. The molecule has 3 aromatic carbocycles. The van der Waals surface area contributed by atoms with Crippen LogP contribution in [0.15, 0.2) is 79.0 Å². The van der Waals surface area contributed by atoms with Gasteiger partial charge >= 0.3 is 5.97 Å². The number of methoxy groups -OCH3 is 1. The molecule has 1 atom stereocenters. The largest absolute Gasteiger partial charge is 0.494 e. The number of hydrogen-bond donors (Lipinski definition) is 1. The van der Waals surface area contributed by atoms with Crippen molar-refractivity contribution in [3.63, 3.8) is 0 Å². The van der Waals surface area contributed by atoms with Crippen molar-refractivity contribution in [2.24, 2.45) is 0 Å². The average molecular weight is 680 g/mol. The lowest BCUT2D eigenvalue weighted by atomic mass is 9.86.